The summed E-state index contributed by atoms with van der Waals surface area (Å²) < 4.78 is 0. The summed E-state index contributed by atoms with van der Waals surface area (Å²) in [5.74, 6) is 0. The van der Waals surface area contributed by atoms with Crippen LogP contribution in [0.1, 0.15) is 22.9 Å². The maximum absolute atomic E-state index is 8.84. The van der Waals surface area contributed by atoms with Crippen molar-refractivity contribution in [2.24, 2.45) is 5.73 Å². The fourth-order valence-corrected chi connectivity index (χ4v) is 1.74. The lowest BCUT2D eigenvalue weighted by atomic mass is 10.1. The number of rotatable bonds is 4. The number of hydrogen-bond acceptors (Lipinski definition) is 3. The molecule has 2 aromatic carbocycles. The minimum atomic E-state index is -0.265. The molecule has 2 aromatic rings. The summed E-state index contributed by atoms with van der Waals surface area (Å²) in [7, 11) is 0. The SMILES string of the molecule is N#Cc1cccc(C(N)NCc2ccccc2)c1. The number of nitriles is 1. The van der Waals surface area contributed by atoms with Crippen LogP contribution < -0.4 is 11.1 Å². The molecule has 3 N–H and O–H groups in total. The Hall–Kier alpha value is -2.15. The zero-order chi connectivity index (χ0) is 12.8. The van der Waals surface area contributed by atoms with Gasteiger partial charge in [0.2, 0.25) is 0 Å². The van der Waals surface area contributed by atoms with Crippen molar-refractivity contribution in [3.63, 3.8) is 0 Å². The van der Waals surface area contributed by atoms with Gasteiger partial charge in [-0.05, 0) is 23.3 Å². The summed E-state index contributed by atoms with van der Waals surface area (Å²) in [5.41, 5.74) is 8.78. The monoisotopic (exact) mass is 237 g/mol. The minimum Gasteiger partial charge on any atom is -0.312 e. The van der Waals surface area contributed by atoms with Gasteiger partial charge in [0.1, 0.15) is 0 Å². The van der Waals surface area contributed by atoms with E-state index in [1.807, 2.05) is 48.5 Å². The molecule has 2 rings (SSSR count). The topological polar surface area (TPSA) is 61.8 Å². The van der Waals surface area contributed by atoms with Crippen LogP contribution in [-0.2, 0) is 6.54 Å². The first-order valence-electron chi connectivity index (χ1n) is 5.82. The highest BCUT2D eigenvalue weighted by Gasteiger charge is 2.05. The maximum Gasteiger partial charge on any atom is 0.0991 e. The molecule has 3 heteroatoms. The molecule has 18 heavy (non-hydrogen) atoms. The second-order valence-electron chi connectivity index (χ2n) is 4.08. The number of hydrogen-bond donors (Lipinski definition) is 2. The number of nitrogens with one attached hydrogen (secondary N) is 1. The first-order valence-corrected chi connectivity index (χ1v) is 5.82. The lowest BCUT2D eigenvalue weighted by Crippen LogP contribution is -2.28. The Bertz CT molecular complexity index is 543. The lowest BCUT2D eigenvalue weighted by molar-refractivity contribution is 0.552. The van der Waals surface area contributed by atoms with Crippen molar-refractivity contribution in [1.29, 1.82) is 5.26 Å². The van der Waals surface area contributed by atoms with Gasteiger partial charge in [0.25, 0.3) is 0 Å². The second kappa shape index (κ2) is 5.97. The maximum atomic E-state index is 8.84. The summed E-state index contributed by atoms with van der Waals surface area (Å²) in [6, 6.07) is 19.5. The van der Waals surface area contributed by atoms with Crippen LogP contribution in [0.2, 0.25) is 0 Å². The zero-order valence-corrected chi connectivity index (χ0v) is 10.0. The largest absolute Gasteiger partial charge is 0.312 e. The predicted molar refractivity (Wildman–Crippen MR) is 71.4 cm³/mol. The van der Waals surface area contributed by atoms with E-state index < -0.39 is 0 Å². The Morgan fingerprint density at radius 3 is 2.61 bits per heavy atom. The number of nitrogens with two attached hydrogens (primary N) is 1. The molecule has 3 nitrogen and oxygen atoms in total. The molecule has 0 aromatic heterocycles. The number of benzene rings is 2. The van der Waals surface area contributed by atoms with Gasteiger partial charge < -0.3 is 5.73 Å². The van der Waals surface area contributed by atoms with Gasteiger partial charge in [0.15, 0.2) is 0 Å². The van der Waals surface area contributed by atoms with Crippen molar-refractivity contribution >= 4 is 0 Å². The quantitative estimate of drug-likeness (QED) is 0.802. The Labute approximate surface area is 107 Å². The smallest absolute Gasteiger partial charge is 0.0991 e. The van der Waals surface area contributed by atoms with Gasteiger partial charge in [0, 0.05) is 6.54 Å². The third kappa shape index (κ3) is 3.17. The molecule has 0 spiro atoms. The molecule has 0 saturated heterocycles. The fourth-order valence-electron chi connectivity index (χ4n) is 1.74. The van der Waals surface area contributed by atoms with Gasteiger partial charge in [-0.3, -0.25) is 5.32 Å². The average Bonchev–Trinajstić information content (AvgIpc) is 2.46. The minimum absolute atomic E-state index is 0.265. The molecule has 0 aliphatic heterocycles. The molecule has 0 fully saturated rings. The van der Waals surface area contributed by atoms with Crippen LogP contribution in [0.25, 0.3) is 0 Å². The summed E-state index contributed by atoms with van der Waals surface area (Å²) in [4.78, 5) is 0. The van der Waals surface area contributed by atoms with E-state index in [-0.39, 0.29) is 6.17 Å². The standard InChI is InChI=1S/C15H15N3/c16-10-13-7-4-8-14(9-13)15(17)18-11-12-5-2-1-3-6-12/h1-9,15,18H,11,17H2. The van der Waals surface area contributed by atoms with Gasteiger partial charge in [-0.2, -0.15) is 5.26 Å². The summed E-state index contributed by atoms with van der Waals surface area (Å²) in [6.45, 7) is 0.707. The van der Waals surface area contributed by atoms with E-state index in [0.717, 1.165) is 5.56 Å². The van der Waals surface area contributed by atoms with Crippen LogP contribution in [0.15, 0.2) is 54.6 Å². The van der Waals surface area contributed by atoms with Crippen LogP contribution in [0.3, 0.4) is 0 Å². The van der Waals surface area contributed by atoms with Crippen LogP contribution >= 0.6 is 0 Å². The molecule has 90 valence electrons. The van der Waals surface area contributed by atoms with Gasteiger partial charge in [-0.15, -0.1) is 0 Å². The molecule has 0 saturated carbocycles. The zero-order valence-electron chi connectivity index (χ0n) is 10.0. The van der Waals surface area contributed by atoms with E-state index in [4.69, 9.17) is 11.0 Å². The summed E-state index contributed by atoms with van der Waals surface area (Å²) in [6.07, 6.45) is -0.265. The highest BCUT2D eigenvalue weighted by atomic mass is 15.0. The molecule has 0 bridgehead atoms. The van der Waals surface area contributed by atoms with Crippen molar-refractivity contribution in [1.82, 2.24) is 5.32 Å². The average molecular weight is 237 g/mol. The highest BCUT2D eigenvalue weighted by molar-refractivity contribution is 5.34. The Morgan fingerprint density at radius 2 is 1.89 bits per heavy atom. The van der Waals surface area contributed by atoms with E-state index in [9.17, 15) is 0 Å². The highest BCUT2D eigenvalue weighted by Crippen LogP contribution is 2.10. The van der Waals surface area contributed by atoms with Crippen molar-refractivity contribution in [3.8, 4) is 6.07 Å². The van der Waals surface area contributed by atoms with Crippen molar-refractivity contribution < 1.29 is 0 Å². The molecule has 1 unspecified atom stereocenters. The van der Waals surface area contributed by atoms with Gasteiger partial charge in [-0.1, -0.05) is 42.5 Å². The van der Waals surface area contributed by atoms with E-state index in [1.54, 1.807) is 6.07 Å². The van der Waals surface area contributed by atoms with Crippen molar-refractivity contribution in [2.75, 3.05) is 0 Å². The second-order valence-corrected chi connectivity index (χ2v) is 4.08. The molecular formula is C15H15N3. The predicted octanol–water partition coefficient (Wildman–Crippen LogP) is 2.31. The van der Waals surface area contributed by atoms with Crippen LogP contribution in [0, 0.1) is 11.3 Å². The van der Waals surface area contributed by atoms with Crippen LogP contribution in [0.5, 0.6) is 0 Å². The molecule has 0 aliphatic rings. The Kier molecular flexibility index (Phi) is 4.08. The van der Waals surface area contributed by atoms with Crippen LogP contribution in [0.4, 0.5) is 0 Å². The van der Waals surface area contributed by atoms with Gasteiger partial charge in [-0.25, -0.2) is 0 Å². The van der Waals surface area contributed by atoms with E-state index in [0.29, 0.717) is 12.1 Å². The molecule has 0 amide bonds. The first-order chi connectivity index (χ1) is 8.79. The van der Waals surface area contributed by atoms with Gasteiger partial charge in [0.05, 0.1) is 17.8 Å². The van der Waals surface area contributed by atoms with Crippen molar-refractivity contribution in [2.45, 2.75) is 12.7 Å². The normalized spacial score (nSPS) is 11.8. The van der Waals surface area contributed by atoms with E-state index >= 15 is 0 Å². The van der Waals surface area contributed by atoms with E-state index in [2.05, 4.69) is 11.4 Å². The molecule has 0 aliphatic carbocycles. The fraction of sp³-hybridized carbons (Fsp3) is 0.133. The van der Waals surface area contributed by atoms with Crippen molar-refractivity contribution in [3.05, 3.63) is 71.3 Å². The molecule has 1 atom stereocenters. The molecule has 0 radical (unpaired) electrons. The Morgan fingerprint density at radius 1 is 1.11 bits per heavy atom. The van der Waals surface area contributed by atoms with Crippen LogP contribution in [-0.4, -0.2) is 0 Å². The lowest BCUT2D eigenvalue weighted by Gasteiger charge is -2.14. The first kappa shape index (κ1) is 12.3. The number of nitrogens with zero attached hydrogens (tertiary/aromatic N) is 1. The molecule has 0 heterocycles. The van der Waals surface area contributed by atoms with E-state index in [1.165, 1.54) is 5.56 Å². The summed E-state index contributed by atoms with van der Waals surface area (Å²) in [5, 5.41) is 12.1. The third-order valence-electron chi connectivity index (χ3n) is 2.74. The van der Waals surface area contributed by atoms with Gasteiger partial charge >= 0.3 is 0 Å². The Balaban J connectivity index is 1.99. The third-order valence-corrected chi connectivity index (χ3v) is 2.74. The molecular weight excluding hydrogens is 222 g/mol. The summed E-state index contributed by atoms with van der Waals surface area (Å²) >= 11 is 0.